The van der Waals surface area contributed by atoms with Crippen molar-refractivity contribution in [3.8, 4) is 0 Å². The molecule has 1 amide bonds. The van der Waals surface area contributed by atoms with E-state index in [-0.39, 0.29) is 0 Å². The molecular formula is C18H29N5O. The predicted molar refractivity (Wildman–Crippen MR) is 94.8 cm³/mol. The summed E-state index contributed by atoms with van der Waals surface area (Å²) in [6, 6.07) is 3.93. The molecule has 2 atom stereocenters. The molecule has 2 saturated heterocycles. The van der Waals surface area contributed by atoms with Crippen LogP contribution in [0.4, 0.5) is 5.82 Å². The Morgan fingerprint density at radius 1 is 1.17 bits per heavy atom. The molecule has 3 rings (SSSR count). The third-order valence-corrected chi connectivity index (χ3v) is 5.05. The highest BCUT2D eigenvalue weighted by molar-refractivity contribution is 5.78. The van der Waals surface area contributed by atoms with Crippen molar-refractivity contribution in [3.63, 3.8) is 0 Å². The molecule has 1 aromatic heterocycles. The van der Waals surface area contributed by atoms with Crippen molar-refractivity contribution in [2.75, 3.05) is 50.7 Å². The van der Waals surface area contributed by atoms with Crippen molar-refractivity contribution >= 4 is 11.7 Å². The van der Waals surface area contributed by atoms with Crippen LogP contribution in [0.5, 0.6) is 0 Å². The van der Waals surface area contributed by atoms with Crippen LogP contribution in [0, 0.1) is 11.8 Å². The third kappa shape index (κ3) is 4.44. The van der Waals surface area contributed by atoms with Gasteiger partial charge in [0.2, 0.25) is 5.91 Å². The molecular weight excluding hydrogens is 302 g/mol. The quantitative estimate of drug-likeness (QED) is 0.840. The molecule has 3 heterocycles. The average Bonchev–Trinajstić information content (AvgIpc) is 2.80. The van der Waals surface area contributed by atoms with E-state index >= 15 is 0 Å². The van der Waals surface area contributed by atoms with E-state index < -0.39 is 0 Å². The Balaban J connectivity index is 1.52. The summed E-state index contributed by atoms with van der Waals surface area (Å²) in [7, 11) is 0. The fourth-order valence-electron chi connectivity index (χ4n) is 3.98. The van der Waals surface area contributed by atoms with E-state index in [0.29, 0.717) is 24.3 Å². The van der Waals surface area contributed by atoms with Gasteiger partial charge in [0.1, 0.15) is 0 Å². The fourth-order valence-corrected chi connectivity index (χ4v) is 3.98. The second kappa shape index (κ2) is 7.92. The van der Waals surface area contributed by atoms with Crippen LogP contribution in [-0.2, 0) is 4.79 Å². The first kappa shape index (κ1) is 17.1. The number of amides is 1. The molecule has 0 N–H and O–H groups in total. The first-order chi connectivity index (χ1) is 11.6. The van der Waals surface area contributed by atoms with Gasteiger partial charge in [-0.1, -0.05) is 13.8 Å². The summed E-state index contributed by atoms with van der Waals surface area (Å²) in [5.41, 5.74) is 0. The Kier molecular flexibility index (Phi) is 5.66. The zero-order valence-electron chi connectivity index (χ0n) is 14.9. The number of aromatic nitrogens is 2. The van der Waals surface area contributed by atoms with E-state index in [2.05, 4.69) is 38.7 Å². The fraction of sp³-hybridized carbons (Fsp3) is 0.722. The topological polar surface area (TPSA) is 52.6 Å². The van der Waals surface area contributed by atoms with Gasteiger partial charge in [-0.3, -0.25) is 9.69 Å². The average molecular weight is 331 g/mol. The van der Waals surface area contributed by atoms with Crippen LogP contribution in [0.25, 0.3) is 0 Å². The Labute approximate surface area is 144 Å². The van der Waals surface area contributed by atoms with Crippen LogP contribution in [-0.4, -0.2) is 71.7 Å². The van der Waals surface area contributed by atoms with Gasteiger partial charge >= 0.3 is 0 Å². The normalized spacial score (nSPS) is 26.2. The Bertz CT molecular complexity index is 527. The summed E-state index contributed by atoms with van der Waals surface area (Å²) in [6.45, 7) is 10.6. The maximum Gasteiger partial charge on any atom is 0.236 e. The first-order valence-corrected chi connectivity index (χ1v) is 9.14. The number of carbonyl (C=O) groups excluding carboxylic acids is 1. The van der Waals surface area contributed by atoms with E-state index in [9.17, 15) is 4.79 Å². The summed E-state index contributed by atoms with van der Waals surface area (Å²) in [4.78, 5) is 19.3. The summed E-state index contributed by atoms with van der Waals surface area (Å²) < 4.78 is 0. The van der Waals surface area contributed by atoms with E-state index in [1.54, 1.807) is 6.20 Å². The lowest BCUT2D eigenvalue weighted by Crippen LogP contribution is -2.47. The molecule has 0 aliphatic carbocycles. The van der Waals surface area contributed by atoms with E-state index in [1.165, 1.54) is 6.42 Å². The molecule has 0 spiro atoms. The van der Waals surface area contributed by atoms with Crippen molar-refractivity contribution < 1.29 is 4.79 Å². The van der Waals surface area contributed by atoms with Crippen LogP contribution in [0.15, 0.2) is 18.3 Å². The highest BCUT2D eigenvalue weighted by atomic mass is 16.2. The minimum absolute atomic E-state index is 0.293. The van der Waals surface area contributed by atoms with Gasteiger partial charge in [0.05, 0.1) is 6.54 Å². The van der Waals surface area contributed by atoms with Crippen molar-refractivity contribution in [3.05, 3.63) is 18.3 Å². The van der Waals surface area contributed by atoms with Crippen molar-refractivity contribution in [2.24, 2.45) is 11.8 Å². The molecule has 2 aliphatic rings. The molecule has 6 nitrogen and oxygen atoms in total. The van der Waals surface area contributed by atoms with Gasteiger partial charge in [-0.05, 0) is 36.8 Å². The zero-order chi connectivity index (χ0) is 16.9. The van der Waals surface area contributed by atoms with E-state index in [1.807, 2.05) is 12.1 Å². The van der Waals surface area contributed by atoms with E-state index in [4.69, 9.17) is 0 Å². The van der Waals surface area contributed by atoms with Gasteiger partial charge in [0, 0.05) is 45.5 Å². The van der Waals surface area contributed by atoms with Crippen LogP contribution in [0.2, 0.25) is 0 Å². The summed E-state index contributed by atoms with van der Waals surface area (Å²) >= 11 is 0. The molecule has 0 radical (unpaired) electrons. The maximum atomic E-state index is 12.7. The number of carbonyl (C=O) groups is 1. The van der Waals surface area contributed by atoms with Crippen LogP contribution in [0.1, 0.15) is 26.7 Å². The van der Waals surface area contributed by atoms with E-state index in [0.717, 1.165) is 51.5 Å². The molecule has 0 bridgehead atoms. The zero-order valence-corrected chi connectivity index (χ0v) is 14.9. The van der Waals surface area contributed by atoms with Crippen LogP contribution >= 0.6 is 0 Å². The monoisotopic (exact) mass is 331 g/mol. The van der Waals surface area contributed by atoms with Gasteiger partial charge in [-0.15, -0.1) is 5.10 Å². The van der Waals surface area contributed by atoms with Gasteiger partial charge < -0.3 is 9.80 Å². The lowest BCUT2D eigenvalue weighted by Gasteiger charge is -2.36. The molecule has 0 saturated carbocycles. The minimum atomic E-state index is 0.293. The highest BCUT2D eigenvalue weighted by Gasteiger charge is 2.27. The number of rotatable bonds is 3. The molecule has 0 aromatic carbocycles. The summed E-state index contributed by atoms with van der Waals surface area (Å²) in [6.07, 6.45) is 3.99. The molecule has 1 aromatic rings. The number of nitrogens with zero attached hydrogens (tertiary/aromatic N) is 5. The lowest BCUT2D eigenvalue weighted by atomic mass is 9.92. The van der Waals surface area contributed by atoms with Gasteiger partial charge in [0.15, 0.2) is 5.82 Å². The third-order valence-electron chi connectivity index (χ3n) is 5.05. The molecule has 2 fully saturated rings. The first-order valence-electron chi connectivity index (χ1n) is 9.14. The second-order valence-electron chi connectivity index (χ2n) is 7.44. The Morgan fingerprint density at radius 3 is 2.67 bits per heavy atom. The molecule has 2 unspecified atom stereocenters. The maximum absolute atomic E-state index is 12.7. The smallest absolute Gasteiger partial charge is 0.236 e. The molecule has 2 aliphatic heterocycles. The number of hydrogen-bond donors (Lipinski definition) is 0. The summed E-state index contributed by atoms with van der Waals surface area (Å²) in [5.74, 6) is 2.47. The number of likely N-dealkylation sites (tertiary alicyclic amines) is 1. The molecule has 6 heteroatoms. The number of piperidine rings is 1. The van der Waals surface area contributed by atoms with Gasteiger partial charge in [-0.25, -0.2) is 0 Å². The van der Waals surface area contributed by atoms with Crippen molar-refractivity contribution in [2.45, 2.75) is 26.7 Å². The van der Waals surface area contributed by atoms with Gasteiger partial charge in [0.25, 0.3) is 0 Å². The summed E-state index contributed by atoms with van der Waals surface area (Å²) in [5, 5.41) is 8.17. The second-order valence-corrected chi connectivity index (χ2v) is 7.44. The van der Waals surface area contributed by atoms with Crippen LogP contribution < -0.4 is 4.90 Å². The largest absolute Gasteiger partial charge is 0.354 e. The molecule has 24 heavy (non-hydrogen) atoms. The minimum Gasteiger partial charge on any atom is -0.354 e. The number of hydrogen-bond acceptors (Lipinski definition) is 5. The van der Waals surface area contributed by atoms with Gasteiger partial charge in [-0.2, -0.15) is 5.10 Å². The van der Waals surface area contributed by atoms with Crippen molar-refractivity contribution in [1.82, 2.24) is 20.0 Å². The number of anilines is 1. The molecule has 132 valence electrons. The predicted octanol–water partition coefficient (Wildman–Crippen LogP) is 1.49. The highest BCUT2D eigenvalue weighted by Crippen LogP contribution is 2.21. The Hall–Kier alpha value is -1.69. The van der Waals surface area contributed by atoms with Crippen molar-refractivity contribution in [1.29, 1.82) is 0 Å². The SMILES string of the molecule is CC1CC(C)CN(C(=O)CN2CCCN(c3cccnn3)CC2)C1. The Morgan fingerprint density at radius 2 is 1.96 bits per heavy atom. The lowest BCUT2D eigenvalue weighted by molar-refractivity contribution is -0.135. The van der Waals surface area contributed by atoms with Crippen LogP contribution in [0.3, 0.4) is 0 Å². The standard InChI is InChI=1S/C18H29N5O/c1-15-11-16(2)13-23(12-15)18(24)14-21-7-4-8-22(10-9-21)17-5-3-6-19-20-17/h3,5-6,15-16H,4,7-14H2,1-2H3.